The predicted octanol–water partition coefficient (Wildman–Crippen LogP) is 2.28. The maximum atomic E-state index is 12.7. The summed E-state index contributed by atoms with van der Waals surface area (Å²) < 4.78 is 10.3. The molecule has 0 N–H and O–H groups in total. The summed E-state index contributed by atoms with van der Waals surface area (Å²) in [5, 5.41) is 0. The second kappa shape index (κ2) is 7.21. The van der Waals surface area contributed by atoms with Gasteiger partial charge in [0.1, 0.15) is 5.75 Å². The van der Waals surface area contributed by atoms with Gasteiger partial charge in [0.2, 0.25) is 0 Å². The van der Waals surface area contributed by atoms with E-state index < -0.39 is 0 Å². The van der Waals surface area contributed by atoms with Crippen molar-refractivity contribution in [2.75, 3.05) is 33.3 Å². The number of carbonyl (C=O) groups excluding carboxylic acids is 2. The van der Waals surface area contributed by atoms with Gasteiger partial charge in [-0.3, -0.25) is 9.59 Å². The minimum absolute atomic E-state index is 0.0406. The van der Waals surface area contributed by atoms with E-state index in [4.69, 9.17) is 9.15 Å². The van der Waals surface area contributed by atoms with Crippen molar-refractivity contribution in [3.63, 3.8) is 0 Å². The number of nitrogens with zero attached hydrogens (tertiary/aromatic N) is 2. The lowest BCUT2D eigenvalue weighted by molar-refractivity contribution is 0.0700. The maximum Gasteiger partial charge on any atom is 0.289 e. The number of furan rings is 1. The van der Waals surface area contributed by atoms with Gasteiger partial charge in [-0.1, -0.05) is 6.07 Å². The van der Waals surface area contributed by atoms with Crippen LogP contribution >= 0.6 is 0 Å². The standard InChI is InChI=1S/C18H20N2O4/c1-23-15-6-2-5-14(13-15)17(21)19-8-4-9-20(11-10-19)18(22)16-7-3-12-24-16/h2-3,5-7,12-13H,4,8-11H2,1H3. The van der Waals surface area contributed by atoms with Crippen LogP contribution < -0.4 is 4.74 Å². The number of benzene rings is 1. The molecule has 0 unspecified atom stereocenters. The van der Waals surface area contributed by atoms with Crippen LogP contribution in [0.4, 0.5) is 0 Å². The summed E-state index contributed by atoms with van der Waals surface area (Å²) in [6, 6.07) is 10.5. The normalized spacial score (nSPS) is 15.0. The Bertz CT molecular complexity index is 712. The third-order valence-electron chi connectivity index (χ3n) is 4.12. The van der Waals surface area contributed by atoms with E-state index in [1.54, 1.807) is 47.2 Å². The summed E-state index contributed by atoms with van der Waals surface area (Å²) in [6.45, 7) is 2.23. The summed E-state index contributed by atoms with van der Waals surface area (Å²) in [5.41, 5.74) is 0.597. The molecule has 0 aliphatic carbocycles. The molecule has 0 radical (unpaired) electrons. The molecule has 0 atom stereocenters. The Kier molecular flexibility index (Phi) is 4.84. The molecule has 2 amide bonds. The zero-order valence-corrected chi connectivity index (χ0v) is 13.6. The zero-order chi connectivity index (χ0) is 16.9. The molecule has 126 valence electrons. The minimum Gasteiger partial charge on any atom is -0.497 e. The molecule has 1 saturated heterocycles. The van der Waals surface area contributed by atoms with Crippen LogP contribution in [0.3, 0.4) is 0 Å². The monoisotopic (exact) mass is 328 g/mol. The largest absolute Gasteiger partial charge is 0.497 e. The Morgan fingerprint density at radius 3 is 2.42 bits per heavy atom. The van der Waals surface area contributed by atoms with E-state index >= 15 is 0 Å². The van der Waals surface area contributed by atoms with Crippen LogP contribution in [-0.4, -0.2) is 54.9 Å². The number of rotatable bonds is 3. The van der Waals surface area contributed by atoms with E-state index in [0.717, 1.165) is 6.42 Å². The molecule has 1 aliphatic rings. The molecule has 1 aromatic heterocycles. The summed E-state index contributed by atoms with van der Waals surface area (Å²) in [7, 11) is 1.58. The van der Waals surface area contributed by atoms with Crippen LogP contribution in [0.15, 0.2) is 47.1 Å². The molecule has 0 bridgehead atoms. The molecule has 0 saturated carbocycles. The highest BCUT2D eigenvalue weighted by molar-refractivity contribution is 5.95. The fourth-order valence-corrected chi connectivity index (χ4v) is 2.82. The quantitative estimate of drug-likeness (QED) is 0.867. The first-order chi connectivity index (χ1) is 11.7. The Morgan fingerprint density at radius 2 is 1.75 bits per heavy atom. The Morgan fingerprint density at radius 1 is 1.00 bits per heavy atom. The molecule has 2 heterocycles. The third kappa shape index (κ3) is 3.42. The van der Waals surface area contributed by atoms with Crippen LogP contribution in [0, 0.1) is 0 Å². The van der Waals surface area contributed by atoms with Crippen LogP contribution in [0.2, 0.25) is 0 Å². The fourth-order valence-electron chi connectivity index (χ4n) is 2.82. The average Bonchev–Trinajstić information content (AvgIpc) is 3.05. The number of hydrogen-bond acceptors (Lipinski definition) is 4. The molecule has 6 heteroatoms. The highest BCUT2D eigenvalue weighted by Gasteiger charge is 2.24. The molecular weight excluding hydrogens is 308 g/mol. The van der Waals surface area contributed by atoms with Gasteiger partial charge in [0.25, 0.3) is 11.8 Å². The minimum atomic E-state index is -0.129. The number of carbonyl (C=O) groups is 2. The Hall–Kier alpha value is -2.76. The summed E-state index contributed by atoms with van der Waals surface area (Å²) in [4.78, 5) is 28.5. The van der Waals surface area contributed by atoms with Gasteiger partial charge in [-0.2, -0.15) is 0 Å². The summed E-state index contributed by atoms with van der Waals surface area (Å²) in [6.07, 6.45) is 2.23. The first kappa shape index (κ1) is 16.1. The van der Waals surface area contributed by atoms with Crippen LogP contribution in [-0.2, 0) is 0 Å². The first-order valence-electron chi connectivity index (χ1n) is 7.95. The Balaban J connectivity index is 1.66. The summed E-state index contributed by atoms with van der Waals surface area (Å²) in [5.74, 6) is 0.824. The molecule has 0 spiro atoms. The van der Waals surface area contributed by atoms with Crippen molar-refractivity contribution in [1.82, 2.24) is 9.80 Å². The van der Waals surface area contributed by atoms with E-state index in [1.807, 2.05) is 6.07 Å². The average molecular weight is 328 g/mol. The second-order valence-corrected chi connectivity index (χ2v) is 5.65. The van der Waals surface area contributed by atoms with Crippen molar-refractivity contribution in [2.24, 2.45) is 0 Å². The van der Waals surface area contributed by atoms with Gasteiger partial charge in [-0.15, -0.1) is 0 Å². The molecule has 24 heavy (non-hydrogen) atoms. The lowest BCUT2D eigenvalue weighted by atomic mass is 10.2. The lowest BCUT2D eigenvalue weighted by Crippen LogP contribution is -2.37. The molecule has 1 aliphatic heterocycles. The zero-order valence-electron chi connectivity index (χ0n) is 13.6. The van der Waals surface area contributed by atoms with Crippen LogP contribution in [0.25, 0.3) is 0 Å². The van der Waals surface area contributed by atoms with E-state index in [2.05, 4.69) is 0 Å². The molecule has 2 aromatic rings. The third-order valence-corrected chi connectivity index (χ3v) is 4.12. The number of ether oxygens (including phenoxy) is 1. The van der Waals surface area contributed by atoms with E-state index in [9.17, 15) is 9.59 Å². The van der Waals surface area contributed by atoms with Gasteiger partial charge in [0, 0.05) is 31.7 Å². The molecule has 1 aromatic carbocycles. The molecule has 1 fully saturated rings. The van der Waals surface area contributed by atoms with Crippen molar-refractivity contribution in [3.8, 4) is 5.75 Å². The number of amides is 2. The lowest BCUT2D eigenvalue weighted by Gasteiger charge is -2.22. The van der Waals surface area contributed by atoms with Gasteiger partial charge in [0.15, 0.2) is 5.76 Å². The van der Waals surface area contributed by atoms with Gasteiger partial charge < -0.3 is 19.0 Å². The second-order valence-electron chi connectivity index (χ2n) is 5.65. The molecular formula is C18H20N2O4. The highest BCUT2D eigenvalue weighted by atomic mass is 16.5. The maximum absolute atomic E-state index is 12.7. The fraction of sp³-hybridized carbons (Fsp3) is 0.333. The topological polar surface area (TPSA) is 63.0 Å². The Labute approximate surface area is 140 Å². The van der Waals surface area contributed by atoms with E-state index in [0.29, 0.717) is 43.3 Å². The van der Waals surface area contributed by atoms with Gasteiger partial charge in [-0.25, -0.2) is 0 Å². The SMILES string of the molecule is COc1cccc(C(=O)N2CCCN(C(=O)c3ccco3)CC2)c1. The van der Waals surface area contributed by atoms with Gasteiger partial charge in [-0.05, 0) is 36.8 Å². The number of methoxy groups -OCH3 is 1. The van der Waals surface area contributed by atoms with Crippen molar-refractivity contribution < 1.29 is 18.7 Å². The van der Waals surface area contributed by atoms with Crippen LogP contribution in [0.5, 0.6) is 5.75 Å². The smallest absolute Gasteiger partial charge is 0.289 e. The van der Waals surface area contributed by atoms with Crippen LogP contribution in [0.1, 0.15) is 27.3 Å². The van der Waals surface area contributed by atoms with Crippen molar-refractivity contribution in [3.05, 3.63) is 54.0 Å². The van der Waals surface area contributed by atoms with Gasteiger partial charge >= 0.3 is 0 Å². The van der Waals surface area contributed by atoms with Crippen molar-refractivity contribution in [2.45, 2.75) is 6.42 Å². The first-order valence-corrected chi connectivity index (χ1v) is 7.95. The van der Waals surface area contributed by atoms with Gasteiger partial charge in [0.05, 0.1) is 13.4 Å². The van der Waals surface area contributed by atoms with E-state index in [1.165, 1.54) is 6.26 Å². The van der Waals surface area contributed by atoms with E-state index in [-0.39, 0.29) is 11.8 Å². The van der Waals surface area contributed by atoms with Crippen molar-refractivity contribution >= 4 is 11.8 Å². The summed E-state index contributed by atoms with van der Waals surface area (Å²) >= 11 is 0. The number of hydrogen-bond donors (Lipinski definition) is 0. The predicted molar refractivity (Wildman–Crippen MR) is 88.1 cm³/mol. The molecule has 3 rings (SSSR count). The van der Waals surface area contributed by atoms with Crippen molar-refractivity contribution in [1.29, 1.82) is 0 Å². The molecule has 6 nitrogen and oxygen atoms in total. The highest BCUT2D eigenvalue weighted by Crippen LogP contribution is 2.16.